The molecule has 3 radical (unpaired) electrons. The van der Waals surface area contributed by atoms with Gasteiger partial charge in [-0.15, -0.1) is 0 Å². The molecule has 6 amide bonds. The van der Waals surface area contributed by atoms with E-state index in [0.717, 1.165) is 89.9 Å². The topological polar surface area (TPSA) is 360 Å². The van der Waals surface area contributed by atoms with Gasteiger partial charge in [-0.1, -0.05) is 137 Å². The molecule has 12 aliphatic rings. The zero-order valence-electron chi connectivity index (χ0n) is 81.7. The van der Waals surface area contributed by atoms with Crippen molar-refractivity contribution < 1.29 is 172 Å². The normalized spacial score (nSPS) is 31.1. The number of nitrogens with zero attached hydrogens (tertiary/aromatic N) is 9. The van der Waals surface area contributed by atoms with Crippen molar-refractivity contribution in [3.63, 3.8) is 0 Å². The Kier molecular flexibility index (Phi) is 35.2. The van der Waals surface area contributed by atoms with Crippen molar-refractivity contribution in [3.05, 3.63) is 71.7 Å². The largest absolute Gasteiger partial charge is 0.540 e. The second-order valence-electron chi connectivity index (χ2n) is 41.4. The van der Waals surface area contributed by atoms with Crippen LogP contribution in [0.4, 0.5) is 40.7 Å². The number of benzene rings is 3. The van der Waals surface area contributed by atoms with Gasteiger partial charge in [0.05, 0.1) is 74.1 Å². The molecule has 6 aliphatic heterocycles. The van der Waals surface area contributed by atoms with Crippen LogP contribution in [-0.4, -0.2) is 213 Å². The van der Waals surface area contributed by atoms with Crippen LogP contribution in [0, 0.1) is 51.8 Å². The number of alkyl carbamates (subject to hydrolysis) is 3. The fourth-order valence-corrected chi connectivity index (χ4v) is 23.6. The van der Waals surface area contributed by atoms with Gasteiger partial charge in [-0.3, -0.25) is 14.4 Å². The maximum absolute atomic E-state index is 16.1. The molecule has 3 aromatic carbocycles. The Labute approximate surface area is 858 Å². The first-order valence-corrected chi connectivity index (χ1v) is 49.7. The van der Waals surface area contributed by atoms with Crippen molar-refractivity contribution in [3.8, 4) is 34.9 Å². The number of aromatic nitrogens is 6. The second-order valence-corrected chi connectivity index (χ2v) is 41.4. The van der Waals surface area contributed by atoms with E-state index < -0.39 is 184 Å². The molecule has 141 heavy (non-hydrogen) atoms. The summed E-state index contributed by atoms with van der Waals surface area (Å²) in [5.41, 5.74) is -2.27. The Balaban J connectivity index is 0.000000217. The van der Waals surface area contributed by atoms with Gasteiger partial charge in [-0.05, 0) is 198 Å². The molecule has 3 aromatic heterocycles. The molecule has 18 atom stereocenters. The number of halogens is 6. The van der Waals surface area contributed by atoms with Crippen LogP contribution in [0.3, 0.4) is 0 Å². The number of fused-ring (bicyclic) bond motifs is 15. The summed E-state index contributed by atoms with van der Waals surface area (Å²) in [6.07, 6.45) is 18.4. The van der Waals surface area contributed by atoms with Gasteiger partial charge in [-0.25, -0.2) is 63.1 Å². The number of ether oxygens (including phenoxy) is 9. The number of rotatable bonds is 12. The standard InChI is InChI=1S/C35H45F2N4O6.C34H43F2N4O6.C33H41F2N4O6.3V.3H2/c1-4-23-26(20-42)41-19-28(23)46-31-29(38-24-14-13-22(45-3)18-25(24)39-31)35(36,37)17-6-5-10-21-11-9-12-27(21)47-33(44)40-30(32(41)43)34(2)15-7-8-16-34;1-5-22-25(19-41)40-18-26(22)45-29-27(37-23-12-11-21(44-4)16-24(23)38-29)34(35,36)15-7-6-10-20-17-33(20,3)46-31(43)39-28(30(40)42)32(2)13-8-9-14-32;1-4-21-24(18-40)39-17-26(21)44-29-27(36-22-11-10-20(43-3)16-23(22)37-29)33(34,35)14-6-5-9-19-15-25(19)45-31(42)38-28(30(39)41)32(2)12-7-8-13-32;;;;;;/h13-14,18,21,23,26-28,30H,4-12,15-17,19H2,1-3H3,(H,40,44);11-12,16,20,22,25-26,28H,5-10,13-15,17-18H2,1-4H3,(H,39,43);10-11,16,19,21,24-26,28H,4-9,12-15,17H2,1-3H3,(H,38,42);;;;3*1H/q3*-1;;;;;;/t21-,23+,26-,27-,28+,30-;20-,22+,25-,26+,28-,33-;19-,21+,24-,25-,26+,28-;;;;;;/m111....../s1. The van der Waals surface area contributed by atoms with Gasteiger partial charge in [0, 0.05) is 103 Å². The van der Waals surface area contributed by atoms with Gasteiger partial charge >= 0.3 is 18.3 Å². The summed E-state index contributed by atoms with van der Waals surface area (Å²) in [5.74, 6) is -12.3. The molecular weight excluding hydrogens is 1950 g/mol. The SMILES string of the molecule is CC[C@@H]1[C@@H]2CN(C(=O)[C@H](C3(C)CCCC3)NC(=O)O[C@@H]3CCC[C@H]3CCCCC(F)(F)c3nc4ccc(OC)cc4nc3O2)[C@@H]1[C-]=O.CC[C@@H]1[C@@H]2CN(C(=O)[C@H](C3(C)CCCC3)NC(=O)O[C@@H]3C[C@H]3CCCCC(F)(F)c3nc4ccc(OC)cc4nc3O2)[C@@H]1[C-]=O.CC[C@@H]1[C@@H]2CN(C(=O)[C@H](C3(C)CCCC3)NC(=O)O[C@]3(C)C[C@H]3CCCCC(F)(F)c3nc4ccc(OC)cc4nc3O2)[C@@H]1[C-]=O.[HH].[HH].[HH].[V].[V].[V]. The number of amides is 6. The Hall–Kier alpha value is -8.96. The Morgan fingerprint density at radius 2 is 0.695 bits per heavy atom. The molecule has 3 N–H and O–H groups in total. The van der Waals surface area contributed by atoms with Gasteiger partial charge < -0.3 is 87.7 Å². The third kappa shape index (κ3) is 23.5. The van der Waals surface area contributed by atoms with Crippen molar-refractivity contribution in [1.29, 1.82) is 0 Å². The Morgan fingerprint density at radius 3 is 1.03 bits per heavy atom. The summed E-state index contributed by atoms with van der Waals surface area (Å²) in [7, 11) is 4.50. The summed E-state index contributed by atoms with van der Waals surface area (Å²) >= 11 is 0. The third-order valence-corrected chi connectivity index (χ3v) is 32.2. The third-order valence-electron chi connectivity index (χ3n) is 32.2. The molecule has 6 saturated carbocycles. The van der Waals surface area contributed by atoms with Gasteiger partial charge in [0.25, 0.3) is 17.8 Å². The number of methoxy groups -OCH3 is 3. The molecule has 9 heterocycles. The number of alkyl halides is 6. The fourth-order valence-electron chi connectivity index (χ4n) is 23.6. The summed E-state index contributed by atoms with van der Waals surface area (Å²) in [4.78, 5) is 151. The van der Waals surface area contributed by atoms with E-state index in [4.69, 9.17) is 42.6 Å². The van der Waals surface area contributed by atoms with Crippen LogP contribution >= 0.6 is 0 Å². The van der Waals surface area contributed by atoms with Crippen molar-refractivity contribution in [2.75, 3.05) is 41.0 Å². The molecule has 6 bridgehead atoms. The predicted octanol–water partition coefficient (Wildman–Crippen LogP) is 18.3. The number of carbonyl (C=O) groups is 6. The quantitative estimate of drug-likeness (QED) is 0.0582. The van der Waals surface area contributed by atoms with Gasteiger partial charge in [0.1, 0.15) is 71.5 Å². The zero-order valence-corrected chi connectivity index (χ0v) is 85.9. The van der Waals surface area contributed by atoms with Crippen molar-refractivity contribution in [2.24, 2.45) is 51.8 Å². The minimum Gasteiger partial charge on any atom is -0.540 e. The van der Waals surface area contributed by atoms with Crippen LogP contribution in [0.25, 0.3) is 33.1 Å². The van der Waals surface area contributed by atoms with E-state index in [-0.39, 0.29) is 163 Å². The molecule has 6 aromatic rings. The zero-order chi connectivity index (χ0) is 98.1. The van der Waals surface area contributed by atoms with Crippen molar-refractivity contribution in [1.82, 2.24) is 60.6 Å². The van der Waals surface area contributed by atoms with E-state index in [1.807, 2.05) is 67.3 Å². The maximum atomic E-state index is 16.1. The van der Waals surface area contributed by atoms with Crippen LogP contribution in [-0.2, 0) is 116 Å². The summed E-state index contributed by atoms with van der Waals surface area (Å²) in [5, 5.41) is 8.70. The summed E-state index contributed by atoms with van der Waals surface area (Å²) < 4.78 is 148. The van der Waals surface area contributed by atoms with E-state index in [1.165, 1.54) is 36.0 Å². The first-order valence-electron chi connectivity index (χ1n) is 49.7. The first kappa shape index (κ1) is 109. The fraction of sp³-hybridized carbons (Fsp3) is 0.676. The number of nitrogens with one attached hydrogen (secondary N) is 3. The minimum atomic E-state index is -3.36. The Morgan fingerprint density at radius 1 is 0.383 bits per heavy atom. The van der Waals surface area contributed by atoms with Gasteiger partial charge in [0.2, 0.25) is 35.4 Å². The second kappa shape index (κ2) is 45.4. The molecule has 3 saturated heterocycles. The van der Waals surface area contributed by atoms with Crippen LogP contribution in [0.1, 0.15) is 275 Å². The van der Waals surface area contributed by atoms with Crippen LogP contribution in [0.2, 0.25) is 0 Å². The molecular formula is C102H135F6N12O18V3-3. The molecule has 771 valence electrons. The van der Waals surface area contributed by atoms with Gasteiger partial charge in [0.15, 0.2) is 17.1 Å². The summed E-state index contributed by atoms with van der Waals surface area (Å²) in [6, 6.07) is 8.67. The Bertz CT molecular complexity index is 5510. The maximum Gasteiger partial charge on any atom is 0.408 e. The van der Waals surface area contributed by atoms with Crippen LogP contribution < -0.4 is 44.4 Å². The average Bonchev–Trinajstić information content (AvgIpc) is 1.57. The van der Waals surface area contributed by atoms with E-state index in [9.17, 15) is 43.2 Å². The summed E-state index contributed by atoms with van der Waals surface area (Å²) in [6.45, 7) is 13.1. The van der Waals surface area contributed by atoms with E-state index >= 15 is 26.3 Å². The molecule has 0 spiro atoms. The van der Waals surface area contributed by atoms with Crippen molar-refractivity contribution in [2.45, 2.75) is 344 Å². The van der Waals surface area contributed by atoms with Crippen LogP contribution in [0.5, 0.6) is 34.9 Å². The first-order chi connectivity index (χ1) is 66.0. The molecule has 30 nitrogen and oxygen atoms in total. The molecule has 39 heteroatoms. The van der Waals surface area contributed by atoms with Crippen molar-refractivity contribution >= 4 is 88.0 Å². The molecule has 9 fully saturated rings. The number of hydrogen-bond acceptors (Lipinski definition) is 24. The molecule has 0 unspecified atom stereocenters. The van der Waals surface area contributed by atoms with E-state index in [2.05, 4.69) is 45.9 Å². The van der Waals surface area contributed by atoms with E-state index in [1.54, 1.807) is 54.6 Å². The molecule has 6 aliphatic carbocycles. The predicted molar refractivity (Wildman–Crippen MR) is 499 cm³/mol. The molecule has 18 rings (SSSR count). The number of hydrogen-bond donors (Lipinski definition) is 3. The minimum absolute atomic E-state index is 0. The van der Waals surface area contributed by atoms with E-state index in [0.29, 0.717) is 111 Å². The van der Waals surface area contributed by atoms with Gasteiger partial charge in [-0.2, -0.15) is 26.3 Å². The smallest absolute Gasteiger partial charge is 0.408 e. The van der Waals surface area contributed by atoms with Crippen LogP contribution in [0.15, 0.2) is 54.6 Å². The average molecular weight is 2080 g/mol. The monoisotopic (exact) mass is 2080 g/mol. The number of carbonyl (C=O) groups excluding carboxylic acids is 9.